The number of hydrogen-bond donors (Lipinski definition) is 1. The van der Waals surface area contributed by atoms with E-state index in [0.717, 1.165) is 5.56 Å². The highest BCUT2D eigenvalue weighted by Crippen LogP contribution is 2.35. The third kappa shape index (κ3) is 4.40. The zero-order valence-corrected chi connectivity index (χ0v) is 16.8. The molecule has 1 fully saturated rings. The van der Waals surface area contributed by atoms with Gasteiger partial charge in [0.05, 0.1) is 9.95 Å². The smallest absolute Gasteiger partial charge is 0.294 e. The van der Waals surface area contributed by atoms with Crippen molar-refractivity contribution in [3.8, 4) is 0 Å². The molecule has 0 saturated carbocycles. The number of halogens is 1. The number of amides is 1. The Morgan fingerprint density at radius 1 is 1.14 bits per heavy atom. The fourth-order valence-corrected chi connectivity index (χ4v) is 3.62. The lowest BCUT2D eigenvalue weighted by atomic mass is 10.1. The van der Waals surface area contributed by atoms with Crippen LogP contribution in [0.3, 0.4) is 0 Å². The maximum absolute atomic E-state index is 12.3. The van der Waals surface area contributed by atoms with Crippen molar-refractivity contribution in [1.82, 2.24) is 10.2 Å². The molecule has 0 aliphatic carbocycles. The lowest BCUT2D eigenvalue weighted by molar-refractivity contribution is -0.384. The number of nitro groups is 1. The van der Waals surface area contributed by atoms with E-state index >= 15 is 0 Å². The molecule has 1 amide bonds. The van der Waals surface area contributed by atoms with E-state index in [9.17, 15) is 14.9 Å². The first-order valence-corrected chi connectivity index (χ1v) is 9.50. The third-order valence-corrected chi connectivity index (χ3v) is 5.24. The summed E-state index contributed by atoms with van der Waals surface area (Å²) in [6, 6.07) is 11.9. The lowest BCUT2D eigenvalue weighted by Crippen LogP contribution is -2.52. The van der Waals surface area contributed by atoms with Crippen LogP contribution < -0.4 is 10.2 Å². The highest BCUT2D eigenvalue weighted by atomic mass is 35.5. The molecule has 1 aliphatic rings. The van der Waals surface area contributed by atoms with Gasteiger partial charge in [0.2, 0.25) is 0 Å². The van der Waals surface area contributed by atoms with Crippen molar-refractivity contribution in [2.24, 2.45) is 0 Å². The zero-order chi connectivity index (χ0) is 20.3. The zero-order valence-electron chi connectivity index (χ0n) is 15.2. The third-order valence-electron chi connectivity index (χ3n) is 4.58. The fourth-order valence-electron chi connectivity index (χ4n) is 3.05. The van der Waals surface area contributed by atoms with Gasteiger partial charge in [-0.1, -0.05) is 35.4 Å². The molecule has 1 heterocycles. The Bertz CT molecular complexity index is 912. The summed E-state index contributed by atoms with van der Waals surface area (Å²) in [6.45, 7) is 4.01. The summed E-state index contributed by atoms with van der Waals surface area (Å²) in [4.78, 5) is 27.0. The minimum absolute atomic E-state index is 0.0174. The van der Waals surface area contributed by atoms with Gasteiger partial charge in [0.15, 0.2) is 5.11 Å². The molecule has 0 spiro atoms. The van der Waals surface area contributed by atoms with Crippen molar-refractivity contribution in [2.45, 2.75) is 6.92 Å². The van der Waals surface area contributed by atoms with E-state index in [-0.39, 0.29) is 11.6 Å². The lowest BCUT2D eigenvalue weighted by Gasteiger charge is -2.37. The quantitative estimate of drug-likeness (QED) is 0.467. The van der Waals surface area contributed by atoms with Crippen molar-refractivity contribution >= 4 is 46.2 Å². The first kappa shape index (κ1) is 20.0. The van der Waals surface area contributed by atoms with Crippen LogP contribution in [0.2, 0.25) is 5.02 Å². The summed E-state index contributed by atoms with van der Waals surface area (Å²) in [5.41, 5.74) is 2.02. The number of rotatable bonds is 3. The van der Waals surface area contributed by atoms with E-state index in [0.29, 0.717) is 47.6 Å². The Morgan fingerprint density at radius 2 is 1.79 bits per heavy atom. The summed E-state index contributed by atoms with van der Waals surface area (Å²) in [5, 5.41) is 14.7. The predicted molar refractivity (Wildman–Crippen MR) is 113 cm³/mol. The average Bonchev–Trinajstić information content (AvgIpc) is 2.68. The van der Waals surface area contributed by atoms with Gasteiger partial charge in [0.1, 0.15) is 5.69 Å². The number of para-hydroxylation sites is 1. The van der Waals surface area contributed by atoms with Gasteiger partial charge in [-0.3, -0.25) is 20.2 Å². The number of aryl methyl sites for hydroxylation is 1. The van der Waals surface area contributed by atoms with Gasteiger partial charge in [-0.25, -0.2) is 0 Å². The molecule has 9 heteroatoms. The van der Waals surface area contributed by atoms with Crippen LogP contribution >= 0.6 is 23.8 Å². The predicted octanol–water partition coefficient (Wildman–Crippen LogP) is 3.39. The first-order chi connectivity index (χ1) is 13.4. The Labute approximate surface area is 173 Å². The molecule has 0 radical (unpaired) electrons. The normalized spacial score (nSPS) is 13.9. The maximum atomic E-state index is 12.3. The molecule has 0 unspecified atom stereocenters. The molecular weight excluding hydrogens is 400 g/mol. The van der Waals surface area contributed by atoms with Gasteiger partial charge in [0, 0.05) is 37.8 Å². The van der Waals surface area contributed by atoms with Gasteiger partial charge in [0.25, 0.3) is 11.6 Å². The van der Waals surface area contributed by atoms with Crippen LogP contribution in [0.15, 0.2) is 42.5 Å². The second-order valence-corrected chi connectivity index (χ2v) is 7.26. The van der Waals surface area contributed by atoms with E-state index in [2.05, 4.69) is 5.32 Å². The van der Waals surface area contributed by atoms with Crippen LogP contribution in [0.4, 0.5) is 11.4 Å². The number of anilines is 1. The molecule has 2 aromatic rings. The second-order valence-electron chi connectivity index (χ2n) is 6.46. The number of nitrogens with zero attached hydrogens (tertiary/aromatic N) is 3. The molecule has 7 nitrogen and oxygen atoms in total. The molecule has 0 aromatic heterocycles. The highest BCUT2D eigenvalue weighted by Gasteiger charge is 2.27. The van der Waals surface area contributed by atoms with Gasteiger partial charge < -0.3 is 9.80 Å². The second kappa shape index (κ2) is 8.53. The molecular formula is C19H19ClN4O3S. The number of nitrogens with one attached hydrogen (secondary N) is 1. The van der Waals surface area contributed by atoms with E-state index in [1.165, 1.54) is 6.07 Å². The fraction of sp³-hybridized carbons (Fsp3) is 0.263. The Balaban J connectivity index is 1.63. The van der Waals surface area contributed by atoms with Crippen LogP contribution in [-0.4, -0.2) is 47.0 Å². The van der Waals surface area contributed by atoms with Crippen molar-refractivity contribution in [1.29, 1.82) is 0 Å². The monoisotopic (exact) mass is 418 g/mol. The average molecular weight is 419 g/mol. The van der Waals surface area contributed by atoms with Crippen LogP contribution in [-0.2, 0) is 0 Å². The number of hydrogen-bond acceptors (Lipinski definition) is 5. The van der Waals surface area contributed by atoms with Crippen molar-refractivity contribution in [2.75, 3.05) is 31.1 Å². The van der Waals surface area contributed by atoms with E-state index in [1.807, 2.05) is 28.9 Å². The van der Waals surface area contributed by atoms with E-state index in [1.54, 1.807) is 24.3 Å². The largest absolute Gasteiger partial charge is 0.361 e. The minimum Gasteiger partial charge on any atom is -0.361 e. The molecule has 3 rings (SSSR count). The summed E-state index contributed by atoms with van der Waals surface area (Å²) in [6.07, 6.45) is 0. The van der Waals surface area contributed by atoms with E-state index < -0.39 is 4.92 Å². The Morgan fingerprint density at radius 3 is 2.39 bits per heavy atom. The standard InChI is InChI=1S/C19H19ClN4O3S/c1-13-5-7-14(8-6-13)18(25)21-19(28)23-11-9-22(10-12-23)17-15(20)3-2-4-16(17)24(26)27/h2-8H,9-12H2,1H3,(H,21,25,28). The number of carbonyl (C=O) groups excluding carboxylic acids is 1. The first-order valence-electron chi connectivity index (χ1n) is 8.71. The number of thiocarbonyl (C=S) groups is 1. The van der Waals surface area contributed by atoms with Crippen molar-refractivity contribution < 1.29 is 9.72 Å². The number of carbonyl (C=O) groups is 1. The minimum atomic E-state index is -0.431. The van der Waals surface area contributed by atoms with E-state index in [4.69, 9.17) is 23.8 Å². The summed E-state index contributed by atoms with van der Waals surface area (Å²) in [7, 11) is 0. The van der Waals surface area contributed by atoms with Gasteiger partial charge in [-0.05, 0) is 37.3 Å². The van der Waals surface area contributed by atoms with Crippen LogP contribution in [0.1, 0.15) is 15.9 Å². The summed E-state index contributed by atoms with van der Waals surface area (Å²) < 4.78 is 0. The van der Waals surface area contributed by atoms with Crippen LogP contribution in [0.5, 0.6) is 0 Å². The Hall–Kier alpha value is -2.71. The molecule has 1 N–H and O–H groups in total. The van der Waals surface area contributed by atoms with Gasteiger partial charge in [-0.2, -0.15) is 0 Å². The maximum Gasteiger partial charge on any atom is 0.294 e. The molecule has 28 heavy (non-hydrogen) atoms. The Kier molecular flexibility index (Phi) is 6.11. The molecule has 146 valence electrons. The van der Waals surface area contributed by atoms with Gasteiger partial charge >= 0.3 is 0 Å². The number of piperazine rings is 1. The molecule has 1 aliphatic heterocycles. The topological polar surface area (TPSA) is 78.7 Å². The highest BCUT2D eigenvalue weighted by molar-refractivity contribution is 7.80. The summed E-state index contributed by atoms with van der Waals surface area (Å²) in [5.74, 6) is -0.255. The molecule has 1 saturated heterocycles. The molecule has 0 bridgehead atoms. The SMILES string of the molecule is Cc1ccc(C(=O)NC(=S)N2CCN(c3c(Cl)cccc3[N+](=O)[O-])CC2)cc1. The van der Waals surface area contributed by atoms with Crippen molar-refractivity contribution in [3.63, 3.8) is 0 Å². The van der Waals surface area contributed by atoms with Crippen LogP contribution in [0, 0.1) is 17.0 Å². The van der Waals surface area contributed by atoms with Crippen LogP contribution in [0.25, 0.3) is 0 Å². The molecule has 2 aromatic carbocycles. The number of nitro benzene ring substituents is 1. The molecule has 0 atom stereocenters. The van der Waals surface area contributed by atoms with Crippen molar-refractivity contribution in [3.05, 3.63) is 68.7 Å². The summed E-state index contributed by atoms with van der Waals surface area (Å²) >= 11 is 11.6. The van der Waals surface area contributed by atoms with Gasteiger partial charge in [-0.15, -0.1) is 0 Å². The number of benzene rings is 2.